The number of carbonyl (C=O) groups excluding carboxylic acids is 1. The number of benzene rings is 1. The third kappa shape index (κ3) is 3.79. The second kappa shape index (κ2) is 6.68. The molecule has 0 radical (unpaired) electrons. The molecule has 2 N–H and O–H groups in total. The Hall–Kier alpha value is -2.28. The first-order chi connectivity index (χ1) is 11.5. The van der Waals surface area contributed by atoms with E-state index in [9.17, 15) is 14.3 Å². The summed E-state index contributed by atoms with van der Waals surface area (Å²) >= 11 is 0. The number of rotatable bonds is 7. The highest BCUT2D eigenvalue weighted by Gasteiger charge is 2.41. The Morgan fingerprint density at radius 2 is 2.25 bits per heavy atom. The summed E-state index contributed by atoms with van der Waals surface area (Å²) in [5.41, 5.74) is 0.981. The molecule has 7 heteroatoms. The van der Waals surface area contributed by atoms with Crippen molar-refractivity contribution in [3.63, 3.8) is 0 Å². The molecule has 1 aliphatic rings. The molecule has 1 aromatic heterocycles. The van der Waals surface area contributed by atoms with E-state index in [2.05, 4.69) is 15.5 Å². The number of hydrogen-bond acceptors (Lipinski definition) is 5. The lowest BCUT2D eigenvalue weighted by Crippen LogP contribution is -2.31. The van der Waals surface area contributed by atoms with E-state index < -0.39 is 0 Å². The van der Waals surface area contributed by atoms with Crippen molar-refractivity contribution in [2.45, 2.75) is 32.6 Å². The van der Waals surface area contributed by atoms with Gasteiger partial charge in [-0.05, 0) is 31.4 Å². The van der Waals surface area contributed by atoms with E-state index in [4.69, 9.17) is 4.52 Å². The maximum absolute atomic E-state index is 13.6. The number of halogens is 1. The van der Waals surface area contributed by atoms with Gasteiger partial charge in [0.2, 0.25) is 17.6 Å². The van der Waals surface area contributed by atoms with Crippen LogP contribution in [0, 0.1) is 18.2 Å². The molecule has 1 aliphatic carbocycles. The summed E-state index contributed by atoms with van der Waals surface area (Å²) in [5.74, 6) is 0.206. The normalized spacial score (nSPS) is 15.3. The molecule has 0 bridgehead atoms. The van der Waals surface area contributed by atoms with Gasteiger partial charge in [-0.3, -0.25) is 4.79 Å². The van der Waals surface area contributed by atoms with E-state index in [1.165, 1.54) is 6.07 Å². The molecule has 128 valence electrons. The smallest absolute Gasteiger partial charge is 0.227 e. The minimum absolute atomic E-state index is 0.105. The van der Waals surface area contributed by atoms with Crippen LogP contribution >= 0.6 is 0 Å². The van der Waals surface area contributed by atoms with Gasteiger partial charge in [0.1, 0.15) is 5.82 Å². The quantitative estimate of drug-likeness (QED) is 0.809. The fourth-order valence-electron chi connectivity index (χ4n) is 2.37. The molecule has 0 saturated heterocycles. The highest BCUT2D eigenvalue weighted by Crippen LogP contribution is 2.44. The SMILES string of the molecule is Cc1ccc(-c2noc(CCC(=O)NCC3(CO)CC3)n2)cc1F. The summed E-state index contributed by atoms with van der Waals surface area (Å²) in [6.07, 6.45) is 2.44. The Balaban J connectivity index is 1.52. The number of aliphatic hydroxyl groups excluding tert-OH is 1. The number of carbonyl (C=O) groups is 1. The second-order valence-electron chi connectivity index (χ2n) is 6.41. The van der Waals surface area contributed by atoms with Crippen LogP contribution in [0.4, 0.5) is 4.39 Å². The van der Waals surface area contributed by atoms with Crippen LogP contribution in [0.2, 0.25) is 0 Å². The van der Waals surface area contributed by atoms with Gasteiger partial charge < -0.3 is 14.9 Å². The molecule has 1 saturated carbocycles. The Kier molecular flexibility index (Phi) is 4.62. The minimum Gasteiger partial charge on any atom is -0.396 e. The van der Waals surface area contributed by atoms with E-state index in [0.717, 1.165) is 12.8 Å². The lowest BCUT2D eigenvalue weighted by atomic mass is 10.1. The van der Waals surface area contributed by atoms with E-state index in [1.54, 1.807) is 19.1 Å². The molecule has 0 spiro atoms. The summed E-state index contributed by atoms with van der Waals surface area (Å²) < 4.78 is 18.7. The van der Waals surface area contributed by atoms with Crippen molar-refractivity contribution in [3.8, 4) is 11.4 Å². The van der Waals surface area contributed by atoms with E-state index in [1.807, 2.05) is 0 Å². The lowest BCUT2D eigenvalue weighted by molar-refractivity contribution is -0.121. The summed E-state index contributed by atoms with van der Waals surface area (Å²) in [7, 11) is 0. The Bertz CT molecular complexity index is 740. The van der Waals surface area contributed by atoms with Crippen molar-refractivity contribution < 1.29 is 18.8 Å². The lowest BCUT2D eigenvalue weighted by Gasteiger charge is -2.12. The van der Waals surface area contributed by atoms with Crippen molar-refractivity contribution >= 4 is 5.91 Å². The maximum Gasteiger partial charge on any atom is 0.227 e. The van der Waals surface area contributed by atoms with Crippen LogP contribution in [0.1, 0.15) is 30.7 Å². The topological polar surface area (TPSA) is 88.2 Å². The highest BCUT2D eigenvalue weighted by molar-refractivity contribution is 5.76. The molecule has 2 aromatic rings. The van der Waals surface area contributed by atoms with Crippen molar-refractivity contribution in [3.05, 3.63) is 35.5 Å². The van der Waals surface area contributed by atoms with Gasteiger partial charge in [0.05, 0.1) is 6.61 Å². The largest absolute Gasteiger partial charge is 0.396 e. The minimum atomic E-state index is -0.323. The van der Waals surface area contributed by atoms with E-state index in [-0.39, 0.29) is 30.2 Å². The van der Waals surface area contributed by atoms with Crippen LogP contribution in [-0.2, 0) is 11.2 Å². The van der Waals surface area contributed by atoms with Gasteiger partial charge >= 0.3 is 0 Å². The molecular formula is C17H20FN3O3. The number of hydrogen-bond donors (Lipinski definition) is 2. The Morgan fingerprint density at radius 1 is 1.46 bits per heavy atom. The van der Waals surface area contributed by atoms with Gasteiger partial charge in [-0.15, -0.1) is 0 Å². The summed E-state index contributed by atoms with van der Waals surface area (Å²) in [6.45, 7) is 2.29. The first-order valence-corrected chi connectivity index (χ1v) is 7.98. The average Bonchev–Trinajstić information content (AvgIpc) is 3.22. The van der Waals surface area contributed by atoms with Crippen LogP contribution < -0.4 is 5.32 Å². The first kappa shape index (κ1) is 16.6. The molecule has 24 heavy (non-hydrogen) atoms. The molecular weight excluding hydrogens is 313 g/mol. The molecule has 3 rings (SSSR count). The Morgan fingerprint density at radius 3 is 2.92 bits per heavy atom. The van der Waals surface area contributed by atoms with Gasteiger partial charge in [-0.2, -0.15) is 4.98 Å². The standard InChI is InChI=1S/C17H20FN3O3/c1-11-2-3-12(8-13(11)18)16-20-15(24-21-16)5-4-14(23)19-9-17(10-22)6-7-17/h2-3,8,22H,4-7,9-10H2,1H3,(H,19,23). The number of amides is 1. The van der Waals surface area contributed by atoms with Crippen LogP contribution in [0.25, 0.3) is 11.4 Å². The molecule has 0 atom stereocenters. The number of nitrogens with one attached hydrogen (secondary N) is 1. The van der Waals surface area contributed by atoms with Crippen LogP contribution in [-0.4, -0.2) is 34.3 Å². The second-order valence-corrected chi connectivity index (χ2v) is 6.41. The molecule has 0 unspecified atom stereocenters. The molecule has 0 aliphatic heterocycles. The molecule has 6 nitrogen and oxygen atoms in total. The van der Waals surface area contributed by atoms with Crippen LogP contribution in [0.5, 0.6) is 0 Å². The predicted molar refractivity (Wildman–Crippen MR) is 84.5 cm³/mol. The number of aryl methyl sites for hydroxylation is 2. The van der Waals surface area contributed by atoms with Crippen LogP contribution in [0.15, 0.2) is 22.7 Å². The fraction of sp³-hybridized carbons (Fsp3) is 0.471. The predicted octanol–water partition coefficient (Wildman–Crippen LogP) is 2.01. The first-order valence-electron chi connectivity index (χ1n) is 7.98. The fourth-order valence-corrected chi connectivity index (χ4v) is 2.37. The number of nitrogens with zero attached hydrogens (tertiary/aromatic N) is 2. The third-order valence-corrected chi connectivity index (χ3v) is 4.42. The summed E-state index contributed by atoms with van der Waals surface area (Å²) in [6, 6.07) is 4.74. The van der Waals surface area contributed by atoms with E-state index >= 15 is 0 Å². The van der Waals surface area contributed by atoms with Gasteiger partial charge in [-0.25, -0.2) is 4.39 Å². The molecule has 1 fully saturated rings. The average molecular weight is 333 g/mol. The zero-order chi connectivity index (χ0) is 17.2. The van der Waals surface area contributed by atoms with Gasteiger partial charge in [0.25, 0.3) is 0 Å². The monoisotopic (exact) mass is 333 g/mol. The molecule has 1 heterocycles. The zero-order valence-corrected chi connectivity index (χ0v) is 13.5. The zero-order valence-electron chi connectivity index (χ0n) is 13.5. The number of aliphatic hydroxyl groups is 1. The van der Waals surface area contributed by atoms with Gasteiger partial charge in [0.15, 0.2) is 0 Å². The highest BCUT2D eigenvalue weighted by atomic mass is 19.1. The van der Waals surface area contributed by atoms with Crippen LogP contribution in [0.3, 0.4) is 0 Å². The van der Waals surface area contributed by atoms with Gasteiger partial charge in [-0.1, -0.05) is 17.3 Å². The summed E-state index contributed by atoms with van der Waals surface area (Å²) in [4.78, 5) is 16.0. The maximum atomic E-state index is 13.6. The van der Waals surface area contributed by atoms with Crippen molar-refractivity contribution in [1.82, 2.24) is 15.5 Å². The van der Waals surface area contributed by atoms with Crippen molar-refractivity contribution in [1.29, 1.82) is 0 Å². The van der Waals surface area contributed by atoms with Crippen molar-refractivity contribution in [2.75, 3.05) is 13.2 Å². The molecule has 1 aromatic carbocycles. The van der Waals surface area contributed by atoms with E-state index in [0.29, 0.717) is 35.8 Å². The summed E-state index contributed by atoms with van der Waals surface area (Å²) in [5, 5.41) is 15.9. The molecule has 1 amide bonds. The number of aromatic nitrogens is 2. The third-order valence-electron chi connectivity index (χ3n) is 4.42. The Labute approximate surface area is 139 Å². The van der Waals surface area contributed by atoms with Gasteiger partial charge in [0, 0.05) is 30.4 Å². The van der Waals surface area contributed by atoms with Crippen molar-refractivity contribution in [2.24, 2.45) is 5.41 Å².